The van der Waals surface area contributed by atoms with E-state index in [0.717, 1.165) is 6.42 Å². The predicted molar refractivity (Wildman–Crippen MR) is 92.5 cm³/mol. The van der Waals surface area contributed by atoms with Crippen molar-refractivity contribution in [2.75, 3.05) is 32.7 Å². The summed E-state index contributed by atoms with van der Waals surface area (Å²) in [4.78, 5) is 13.4. The van der Waals surface area contributed by atoms with Crippen molar-refractivity contribution >= 4 is 40.9 Å². The highest BCUT2D eigenvalue weighted by Gasteiger charge is 2.24. The van der Waals surface area contributed by atoms with Crippen molar-refractivity contribution in [2.45, 2.75) is 13.3 Å². The molecule has 1 rings (SSSR count). The maximum absolute atomic E-state index is 12.3. The van der Waals surface area contributed by atoms with Crippen LogP contribution in [-0.4, -0.2) is 39.8 Å². The van der Waals surface area contributed by atoms with Gasteiger partial charge in [-0.2, -0.15) is 0 Å². The average molecular weight is 363 g/mol. The molecule has 1 aromatic carbocycles. The van der Waals surface area contributed by atoms with Crippen molar-refractivity contribution in [1.29, 1.82) is 5.41 Å². The fourth-order valence-corrected chi connectivity index (χ4v) is 2.51. The summed E-state index contributed by atoms with van der Waals surface area (Å²) in [5, 5.41) is 13.2. The second-order valence-electron chi connectivity index (χ2n) is 4.55. The van der Waals surface area contributed by atoms with E-state index in [2.05, 4.69) is 10.6 Å². The number of hydrogen-bond acceptors (Lipinski definition) is 4. The zero-order valence-corrected chi connectivity index (χ0v) is 14.9. The van der Waals surface area contributed by atoms with Crippen LogP contribution in [0, 0.1) is 5.41 Å². The monoisotopic (exact) mass is 362 g/mol. The lowest BCUT2D eigenvalue weighted by molar-refractivity contribution is 0.251. The van der Waals surface area contributed by atoms with E-state index in [-0.39, 0.29) is 21.7 Å². The summed E-state index contributed by atoms with van der Waals surface area (Å²) in [6.07, 6.45) is 0.832. The molecule has 0 aliphatic rings. The number of rotatable bonds is 5. The van der Waals surface area contributed by atoms with E-state index in [9.17, 15) is 4.79 Å². The molecule has 2 amide bonds. The van der Waals surface area contributed by atoms with Crippen molar-refractivity contribution in [3.8, 4) is 11.5 Å². The number of carbonyl (C=O) groups excluding carboxylic acids is 1. The van der Waals surface area contributed by atoms with Gasteiger partial charge in [0.05, 0.1) is 19.9 Å². The molecule has 23 heavy (non-hydrogen) atoms. The maximum atomic E-state index is 12.3. The van der Waals surface area contributed by atoms with Gasteiger partial charge in [-0.15, -0.1) is 0 Å². The Kier molecular flexibility index (Phi) is 7.25. The first-order valence-corrected chi connectivity index (χ1v) is 7.60. The van der Waals surface area contributed by atoms with Crippen molar-refractivity contribution in [3.05, 3.63) is 16.1 Å². The number of urea groups is 1. The molecule has 1 aromatic rings. The molecule has 0 radical (unpaired) electrons. The van der Waals surface area contributed by atoms with E-state index in [0.29, 0.717) is 18.0 Å². The predicted octanol–water partition coefficient (Wildman–Crippen LogP) is 3.09. The lowest BCUT2D eigenvalue weighted by Gasteiger charge is -2.23. The van der Waals surface area contributed by atoms with Crippen LogP contribution in [0.5, 0.6) is 11.5 Å². The molecule has 0 aromatic heterocycles. The zero-order valence-electron chi connectivity index (χ0n) is 13.4. The van der Waals surface area contributed by atoms with Crippen molar-refractivity contribution in [1.82, 2.24) is 10.6 Å². The molecule has 0 fully saturated rings. The van der Waals surface area contributed by atoms with Gasteiger partial charge in [0, 0.05) is 19.7 Å². The summed E-state index contributed by atoms with van der Waals surface area (Å²) in [5.74, 6) is 0.536. The van der Waals surface area contributed by atoms with Gasteiger partial charge in [-0.3, -0.25) is 15.6 Å². The highest BCUT2D eigenvalue weighted by molar-refractivity contribution is 6.41. The van der Waals surface area contributed by atoms with Gasteiger partial charge < -0.3 is 14.8 Å². The molecule has 128 valence electrons. The molecule has 0 atom stereocenters. The Labute approximate surface area is 145 Å². The number of benzene rings is 1. The SMILES string of the molecule is CCCNC(=N)NC(=O)N(C)c1c(Cl)c(OC)cc(OC)c1Cl. The van der Waals surface area contributed by atoms with Crippen LogP contribution in [0.4, 0.5) is 10.5 Å². The van der Waals surface area contributed by atoms with Crippen molar-refractivity contribution < 1.29 is 14.3 Å². The lowest BCUT2D eigenvalue weighted by Crippen LogP contribution is -2.46. The Morgan fingerprint density at radius 3 is 2.22 bits per heavy atom. The van der Waals surface area contributed by atoms with Gasteiger partial charge in [0.15, 0.2) is 5.96 Å². The van der Waals surface area contributed by atoms with Crippen LogP contribution in [0.15, 0.2) is 6.07 Å². The number of hydrogen-bond donors (Lipinski definition) is 3. The highest BCUT2D eigenvalue weighted by Crippen LogP contribution is 2.45. The summed E-state index contributed by atoms with van der Waals surface area (Å²) < 4.78 is 10.3. The van der Waals surface area contributed by atoms with E-state index < -0.39 is 6.03 Å². The van der Waals surface area contributed by atoms with Crippen LogP contribution in [0.2, 0.25) is 10.0 Å². The van der Waals surface area contributed by atoms with Crippen LogP contribution in [-0.2, 0) is 0 Å². The van der Waals surface area contributed by atoms with Gasteiger partial charge in [-0.1, -0.05) is 30.1 Å². The van der Waals surface area contributed by atoms with E-state index in [1.165, 1.54) is 32.2 Å². The third kappa shape index (κ3) is 4.56. The minimum Gasteiger partial charge on any atom is -0.495 e. The Morgan fingerprint density at radius 2 is 1.78 bits per heavy atom. The Morgan fingerprint density at radius 1 is 1.26 bits per heavy atom. The third-order valence-corrected chi connectivity index (χ3v) is 3.70. The molecule has 0 heterocycles. The van der Waals surface area contributed by atoms with E-state index in [1.807, 2.05) is 6.92 Å². The van der Waals surface area contributed by atoms with Crippen LogP contribution < -0.4 is 25.0 Å². The molecular weight excluding hydrogens is 343 g/mol. The quantitative estimate of drug-likeness (QED) is 0.554. The van der Waals surface area contributed by atoms with Gasteiger partial charge in [0.2, 0.25) is 0 Å². The van der Waals surface area contributed by atoms with E-state index in [4.69, 9.17) is 38.1 Å². The molecule has 0 aliphatic heterocycles. The first-order valence-electron chi connectivity index (χ1n) is 6.84. The number of amides is 2. The lowest BCUT2D eigenvalue weighted by atomic mass is 10.2. The molecule has 0 unspecified atom stereocenters. The highest BCUT2D eigenvalue weighted by atomic mass is 35.5. The molecule has 7 nitrogen and oxygen atoms in total. The Hall–Kier alpha value is -1.86. The number of halogens is 2. The summed E-state index contributed by atoms with van der Waals surface area (Å²) in [6, 6.07) is 0.961. The molecule has 3 N–H and O–H groups in total. The van der Waals surface area contributed by atoms with Crippen molar-refractivity contribution in [3.63, 3.8) is 0 Å². The van der Waals surface area contributed by atoms with Crippen molar-refractivity contribution in [2.24, 2.45) is 0 Å². The number of carbonyl (C=O) groups is 1. The Balaban J connectivity index is 3.09. The largest absolute Gasteiger partial charge is 0.495 e. The second kappa shape index (κ2) is 8.69. The smallest absolute Gasteiger partial charge is 0.328 e. The molecule has 0 saturated heterocycles. The summed E-state index contributed by atoms with van der Waals surface area (Å²) in [7, 11) is 4.37. The number of nitrogens with one attached hydrogen (secondary N) is 3. The second-order valence-corrected chi connectivity index (χ2v) is 5.30. The zero-order chi connectivity index (χ0) is 17.6. The number of ether oxygens (including phenoxy) is 2. The topological polar surface area (TPSA) is 86.7 Å². The van der Waals surface area contributed by atoms with Gasteiger partial charge in [-0.25, -0.2) is 4.79 Å². The minimum atomic E-state index is -0.572. The van der Waals surface area contributed by atoms with E-state index in [1.54, 1.807) is 0 Å². The summed E-state index contributed by atoms with van der Waals surface area (Å²) >= 11 is 12.5. The number of guanidine groups is 1. The van der Waals surface area contributed by atoms with Gasteiger partial charge in [0.1, 0.15) is 21.5 Å². The summed E-state index contributed by atoms with van der Waals surface area (Å²) in [5.41, 5.74) is 0.227. The first kappa shape index (κ1) is 19.2. The Bertz CT molecular complexity index is 568. The van der Waals surface area contributed by atoms with Gasteiger partial charge in [0.25, 0.3) is 0 Å². The van der Waals surface area contributed by atoms with E-state index >= 15 is 0 Å². The molecule has 0 bridgehead atoms. The molecular formula is C14H20Cl2N4O3. The normalized spacial score (nSPS) is 10.0. The summed E-state index contributed by atoms with van der Waals surface area (Å²) in [6.45, 7) is 2.54. The number of nitrogens with zero attached hydrogens (tertiary/aromatic N) is 1. The van der Waals surface area contributed by atoms with Crippen LogP contribution in [0.1, 0.15) is 13.3 Å². The van der Waals surface area contributed by atoms with Crippen LogP contribution in [0.3, 0.4) is 0 Å². The molecule has 9 heteroatoms. The van der Waals surface area contributed by atoms with Crippen LogP contribution >= 0.6 is 23.2 Å². The first-order chi connectivity index (χ1) is 10.9. The molecule has 0 spiro atoms. The third-order valence-electron chi connectivity index (χ3n) is 2.97. The molecule has 0 saturated carbocycles. The average Bonchev–Trinajstić information content (AvgIpc) is 2.53. The maximum Gasteiger partial charge on any atom is 0.328 e. The minimum absolute atomic E-state index is 0.106. The standard InChI is InChI=1S/C14H20Cl2N4O3/c1-5-6-18-13(17)19-14(21)20(2)12-10(15)8(22-3)7-9(23-4)11(12)16/h7H,5-6H2,1-4H3,(H3,17,18,19,21). The fourth-order valence-electron chi connectivity index (χ4n) is 1.75. The van der Waals surface area contributed by atoms with Gasteiger partial charge in [-0.05, 0) is 6.42 Å². The number of methoxy groups -OCH3 is 2. The number of anilines is 1. The van der Waals surface area contributed by atoms with Gasteiger partial charge >= 0.3 is 6.03 Å². The molecule has 0 aliphatic carbocycles. The fraction of sp³-hybridized carbons (Fsp3) is 0.429. The van der Waals surface area contributed by atoms with Crippen LogP contribution in [0.25, 0.3) is 0 Å².